The number of carbonyl (C=O) groups excluding carboxylic acids is 4. The first-order valence-electron chi connectivity index (χ1n) is 14.9. The average molecular weight is 679 g/mol. The van der Waals surface area contributed by atoms with E-state index in [4.69, 9.17) is 18.9 Å². The van der Waals surface area contributed by atoms with E-state index >= 15 is 8.78 Å². The minimum Gasteiger partial charge on any atom is -0.423 e. The molecule has 50 heavy (non-hydrogen) atoms. The van der Waals surface area contributed by atoms with Gasteiger partial charge in [0.2, 0.25) is 0 Å². The highest BCUT2D eigenvalue weighted by Crippen LogP contribution is 2.36. The number of carbonyl (C=O) groups is 4. The maximum Gasteiger partial charge on any atom is 0.338 e. The first-order chi connectivity index (χ1) is 23.5. The molecule has 4 aromatic rings. The van der Waals surface area contributed by atoms with Gasteiger partial charge in [0, 0.05) is 45.6 Å². The lowest BCUT2D eigenvalue weighted by Gasteiger charge is -2.13. The summed E-state index contributed by atoms with van der Waals surface area (Å²) in [4.78, 5) is 48.7. The molecule has 0 spiro atoms. The predicted octanol–water partition coefficient (Wildman–Crippen LogP) is 8.89. The lowest BCUT2D eigenvalue weighted by molar-refractivity contribution is -0.131. The Labute approximate surface area is 287 Å². The Morgan fingerprint density at radius 1 is 0.420 bits per heavy atom. The third kappa shape index (κ3) is 8.93. The molecule has 254 valence electrons. The summed E-state index contributed by atoms with van der Waals surface area (Å²) in [5, 5.41) is 0. The number of hydrogen-bond acceptors (Lipinski definition) is 8. The molecule has 0 N–H and O–H groups in total. The van der Waals surface area contributed by atoms with Gasteiger partial charge >= 0.3 is 23.9 Å². The van der Waals surface area contributed by atoms with Crippen LogP contribution in [0.25, 0.3) is 33.4 Å². The highest BCUT2D eigenvalue weighted by atomic mass is 19.1. The molecular weight excluding hydrogens is 646 g/mol. The van der Waals surface area contributed by atoms with E-state index < -0.39 is 35.5 Å². The van der Waals surface area contributed by atoms with Gasteiger partial charge in [0.15, 0.2) is 0 Å². The Morgan fingerprint density at radius 2 is 0.720 bits per heavy atom. The second-order valence-corrected chi connectivity index (χ2v) is 11.5. The number of ether oxygens (including phenoxy) is 4. The summed E-state index contributed by atoms with van der Waals surface area (Å²) in [5.41, 5.74) is 1.71. The second-order valence-electron chi connectivity index (χ2n) is 11.5. The zero-order chi connectivity index (χ0) is 36.9. The van der Waals surface area contributed by atoms with Crippen molar-refractivity contribution in [3.05, 3.63) is 133 Å². The lowest BCUT2D eigenvalue weighted by Crippen LogP contribution is -2.10. The number of hydrogen-bond donors (Lipinski definition) is 0. The Kier molecular flexibility index (Phi) is 11.1. The van der Waals surface area contributed by atoms with Crippen LogP contribution >= 0.6 is 0 Å². The summed E-state index contributed by atoms with van der Waals surface area (Å²) in [6.45, 7) is 20.0. The fourth-order valence-electron chi connectivity index (χ4n) is 4.32. The molecule has 10 heteroatoms. The Balaban J connectivity index is 1.71. The van der Waals surface area contributed by atoms with Gasteiger partial charge in [-0.2, -0.15) is 0 Å². The summed E-state index contributed by atoms with van der Waals surface area (Å²) in [5.74, 6) is -4.36. The zero-order valence-electron chi connectivity index (χ0n) is 27.8. The van der Waals surface area contributed by atoms with Crippen LogP contribution in [-0.4, -0.2) is 23.9 Å². The van der Waals surface area contributed by atoms with Crippen molar-refractivity contribution in [1.29, 1.82) is 0 Å². The van der Waals surface area contributed by atoms with Crippen molar-refractivity contribution in [2.24, 2.45) is 0 Å². The third-order valence-corrected chi connectivity index (χ3v) is 6.89. The van der Waals surface area contributed by atoms with Crippen molar-refractivity contribution in [3.8, 4) is 56.4 Å². The van der Waals surface area contributed by atoms with Crippen LogP contribution in [0.3, 0.4) is 0 Å². The molecule has 0 atom stereocenters. The van der Waals surface area contributed by atoms with Gasteiger partial charge in [-0.15, -0.1) is 0 Å². The van der Waals surface area contributed by atoms with Gasteiger partial charge < -0.3 is 18.9 Å². The Morgan fingerprint density at radius 3 is 1.06 bits per heavy atom. The zero-order valence-corrected chi connectivity index (χ0v) is 27.8. The molecule has 0 saturated heterocycles. The highest BCUT2D eigenvalue weighted by molar-refractivity contribution is 5.91. The summed E-state index contributed by atoms with van der Waals surface area (Å²) in [6.07, 6.45) is 0. The normalized spacial score (nSPS) is 10.4. The van der Waals surface area contributed by atoms with Crippen molar-refractivity contribution < 1.29 is 46.9 Å². The number of benzene rings is 4. The van der Waals surface area contributed by atoms with Crippen molar-refractivity contribution in [1.82, 2.24) is 0 Å². The van der Waals surface area contributed by atoms with Crippen LogP contribution in [-0.2, 0) is 19.2 Å². The maximum absolute atomic E-state index is 15.7. The van der Waals surface area contributed by atoms with E-state index in [2.05, 4.69) is 26.3 Å². The predicted molar refractivity (Wildman–Crippen MR) is 184 cm³/mol. The second kappa shape index (κ2) is 15.2. The average Bonchev–Trinajstić information content (AvgIpc) is 3.04. The van der Waals surface area contributed by atoms with Gasteiger partial charge in [0.25, 0.3) is 0 Å². The fourth-order valence-corrected chi connectivity index (χ4v) is 4.32. The summed E-state index contributed by atoms with van der Waals surface area (Å²) in [6, 6.07) is 16.6. The fraction of sp³-hybridized carbons (Fsp3) is 0.100. The van der Waals surface area contributed by atoms with Crippen LogP contribution < -0.4 is 18.9 Å². The standard InChI is InChI=1S/C40H32F2O8/c1-21(2)37(43)47-29-13-27(14-30(19-29)48-38(44)22(3)4)25-9-11-33(35(41)17-25)26-10-12-34(36(42)18-26)28-15-31(49-39(45)23(5)6)20-32(16-28)50-40(46)24(7)8/h9-20H,1,3,5,7H2,2,4,6,8H3. The first-order valence-corrected chi connectivity index (χ1v) is 14.9. The molecule has 0 aliphatic carbocycles. The molecule has 0 aromatic heterocycles. The highest BCUT2D eigenvalue weighted by Gasteiger charge is 2.18. The van der Waals surface area contributed by atoms with Gasteiger partial charge in [-0.1, -0.05) is 50.6 Å². The van der Waals surface area contributed by atoms with E-state index in [9.17, 15) is 19.2 Å². The smallest absolute Gasteiger partial charge is 0.338 e. The number of halogens is 2. The van der Waals surface area contributed by atoms with E-state index in [0.717, 1.165) is 6.07 Å². The van der Waals surface area contributed by atoms with Crippen LogP contribution in [0, 0.1) is 11.6 Å². The van der Waals surface area contributed by atoms with Crippen molar-refractivity contribution in [3.63, 3.8) is 0 Å². The molecule has 0 radical (unpaired) electrons. The largest absolute Gasteiger partial charge is 0.423 e. The Hall–Kier alpha value is -6.42. The quantitative estimate of drug-likeness (QED) is 0.0880. The topological polar surface area (TPSA) is 105 Å². The summed E-state index contributed by atoms with van der Waals surface area (Å²) in [7, 11) is 0. The van der Waals surface area contributed by atoms with Gasteiger partial charge in [-0.25, -0.2) is 28.0 Å². The molecule has 0 unspecified atom stereocenters. The summed E-state index contributed by atoms with van der Waals surface area (Å²) >= 11 is 0. The van der Waals surface area contributed by atoms with Gasteiger partial charge in [-0.3, -0.25) is 0 Å². The summed E-state index contributed by atoms with van der Waals surface area (Å²) < 4.78 is 52.6. The molecule has 4 aromatic carbocycles. The van der Waals surface area contributed by atoms with Gasteiger partial charge in [-0.05, 0) is 86.3 Å². The maximum atomic E-state index is 15.7. The molecule has 0 fully saturated rings. The minimum atomic E-state index is -0.748. The number of rotatable bonds is 11. The van der Waals surface area contributed by atoms with Crippen molar-refractivity contribution in [2.75, 3.05) is 0 Å². The van der Waals surface area contributed by atoms with E-state index in [1.54, 1.807) is 6.07 Å². The SMILES string of the molecule is C=C(C)C(=O)Oc1cc(OC(=O)C(=C)C)cc(-c2ccc(-c3ccc(-c4cc(OC(=O)C(=C)C)cc(OC(=O)C(=C)C)c4)c(F)c3)c(F)c2)c1. The monoisotopic (exact) mass is 678 g/mol. The van der Waals surface area contributed by atoms with E-state index in [1.807, 2.05) is 0 Å². The van der Waals surface area contributed by atoms with E-state index in [-0.39, 0.29) is 67.5 Å². The first kappa shape index (κ1) is 36.4. The third-order valence-electron chi connectivity index (χ3n) is 6.89. The molecular formula is C40H32F2O8. The van der Waals surface area contributed by atoms with Crippen molar-refractivity contribution in [2.45, 2.75) is 27.7 Å². The van der Waals surface area contributed by atoms with Gasteiger partial charge in [0.05, 0.1) is 0 Å². The van der Waals surface area contributed by atoms with Crippen LogP contribution in [0.4, 0.5) is 8.78 Å². The molecule has 0 saturated carbocycles. The van der Waals surface area contributed by atoms with Crippen LogP contribution in [0.1, 0.15) is 27.7 Å². The van der Waals surface area contributed by atoms with E-state index in [1.165, 1.54) is 88.4 Å². The molecule has 4 rings (SSSR count). The van der Waals surface area contributed by atoms with Crippen molar-refractivity contribution >= 4 is 23.9 Å². The van der Waals surface area contributed by atoms with Crippen LogP contribution in [0.15, 0.2) is 121 Å². The molecule has 0 heterocycles. The van der Waals surface area contributed by atoms with Gasteiger partial charge in [0.1, 0.15) is 34.6 Å². The van der Waals surface area contributed by atoms with Crippen LogP contribution in [0.2, 0.25) is 0 Å². The molecule has 0 aliphatic heterocycles. The number of esters is 4. The molecule has 8 nitrogen and oxygen atoms in total. The van der Waals surface area contributed by atoms with Crippen LogP contribution in [0.5, 0.6) is 23.0 Å². The lowest BCUT2D eigenvalue weighted by atomic mass is 9.96. The molecule has 0 amide bonds. The minimum absolute atomic E-state index is 0.0261. The van der Waals surface area contributed by atoms with E-state index in [0.29, 0.717) is 11.1 Å². The molecule has 0 aliphatic rings. The molecule has 0 bridgehead atoms. The Bertz CT molecular complexity index is 2030.